The molecule has 1 amide bonds. The van der Waals surface area contributed by atoms with Crippen LogP contribution in [0.2, 0.25) is 0 Å². The predicted molar refractivity (Wildman–Crippen MR) is 63.4 cm³/mol. The summed E-state index contributed by atoms with van der Waals surface area (Å²) in [5.41, 5.74) is 2.06. The summed E-state index contributed by atoms with van der Waals surface area (Å²) >= 11 is 3.38. The lowest BCUT2D eigenvalue weighted by Gasteiger charge is -2.18. The van der Waals surface area contributed by atoms with Crippen molar-refractivity contribution in [3.63, 3.8) is 0 Å². The second-order valence-electron chi connectivity index (χ2n) is 3.87. The topological polar surface area (TPSA) is 25.2 Å². The van der Waals surface area contributed by atoms with Gasteiger partial charge in [0.05, 0.1) is 5.56 Å². The quantitative estimate of drug-likeness (QED) is 0.753. The number of fused-ring (bicyclic) bond motifs is 1. The zero-order valence-corrected chi connectivity index (χ0v) is 10.5. The molecule has 3 nitrogen and oxygen atoms in total. The number of aryl methyl sites for hydroxylation is 1. The molecule has 1 aliphatic rings. The fourth-order valence-corrected chi connectivity index (χ4v) is 2.52. The minimum absolute atomic E-state index is 0.183. The van der Waals surface area contributed by atoms with E-state index in [-0.39, 0.29) is 5.91 Å². The van der Waals surface area contributed by atoms with Gasteiger partial charge in [-0.25, -0.2) is 0 Å². The molecule has 0 atom stereocenters. The number of nitrogens with zero attached hydrogens (tertiary/aromatic N) is 2. The average molecular weight is 271 g/mol. The molecular weight excluding hydrogens is 256 g/mol. The number of alkyl halides is 1. The normalized spacial score (nSPS) is 16.4. The lowest BCUT2D eigenvalue weighted by molar-refractivity contribution is 0.0772. The van der Waals surface area contributed by atoms with Crippen LogP contribution >= 0.6 is 15.9 Å². The van der Waals surface area contributed by atoms with Crippen molar-refractivity contribution in [3.8, 4) is 0 Å². The van der Waals surface area contributed by atoms with Crippen LogP contribution in [-0.4, -0.2) is 33.8 Å². The summed E-state index contributed by atoms with van der Waals surface area (Å²) in [6, 6.07) is 1.93. The van der Waals surface area contributed by atoms with Crippen LogP contribution in [0, 0.1) is 0 Å². The molecule has 1 aliphatic heterocycles. The van der Waals surface area contributed by atoms with Gasteiger partial charge in [-0.3, -0.25) is 4.79 Å². The van der Waals surface area contributed by atoms with E-state index in [2.05, 4.69) is 20.5 Å². The van der Waals surface area contributed by atoms with Gasteiger partial charge < -0.3 is 9.47 Å². The maximum Gasteiger partial charge on any atom is 0.255 e. The summed E-state index contributed by atoms with van der Waals surface area (Å²) in [6.07, 6.45) is 4.03. The summed E-state index contributed by atoms with van der Waals surface area (Å²) in [4.78, 5) is 14.1. The van der Waals surface area contributed by atoms with Gasteiger partial charge in [-0.1, -0.05) is 15.9 Å². The van der Waals surface area contributed by atoms with Crippen molar-refractivity contribution in [1.29, 1.82) is 0 Å². The van der Waals surface area contributed by atoms with Gasteiger partial charge in [0.1, 0.15) is 0 Å². The van der Waals surface area contributed by atoms with Crippen molar-refractivity contribution in [3.05, 3.63) is 23.5 Å². The van der Waals surface area contributed by atoms with Crippen molar-refractivity contribution in [2.45, 2.75) is 12.8 Å². The second-order valence-corrected chi connectivity index (χ2v) is 4.66. The van der Waals surface area contributed by atoms with Crippen LogP contribution in [0.5, 0.6) is 0 Å². The Bertz CT molecular complexity index is 373. The molecule has 0 aromatic carbocycles. The zero-order valence-electron chi connectivity index (χ0n) is 8.87. The van der Waals surface area contributed by atoms with E-state index in [0.717, 1.165) is 36.8 Å². The first-order chi connectivity index (χ1) is 7.24. The van der Waals surface area contributed by atoms with Gasteiger partial charge in [-0.2, -0.15) is 0 Å². The van der Waals surface area contributed by atoms with Crippen LogP contribution in [0.1, 0.15) is 22.5 Å². The molecule has 0 spiro atoms. The van der Waals surface area contributed by atoms with Gasteiger partial charge in [0.25, 0.3) is 5.91 Å². The Morgan fingerprint density at radius 3 is 3.07 bits per heavy atom. The van der Waals surface area contributed by atoms with Crippen molar-refractivity contribution in [1.82, 2.24) is 9.47 Å². The van der Waals surface area contributed by atoms with E-state index >= 15 is 0 Å². The van der Waals surface area contributed by atoms with Crippen LogP contribution in [0.3, 0.4) is 0 Å². The molecule has 0 radical (unpaired) electrons. The molecular formula is C11H15BrN2O. The molecule has 0 saturated carbocycles. The number of rotatable bonds is 2. The van der Waals surface area contributed by atoms with Crippen molar-refractivity contribution < 1.29 is 4.79 Å². The Balaban J connectivity index is 2.31. The Morgan fingerprint density at radius 1 is 1.53 bits per heavy atom. The first-order valence-electron chi connectivity index (χ1n) is 5.23. The van der Waals surface area contributed by atoms with E-state index in [1.54, 1.807) is 0 Å². The summed E-state index contributed by atoms with van der Waals surface area (Å²) in [5, 5.41) is 0.848. The SMILES string of the molecule is Cn1ccc2c1CCCN(CCBr)C2=O. The van der Waals surface area contributed by atoms with Gasteiger partial charge >= 0.3 is 0 Å². The largest absolute Gasteiger partial charge is 0.354 e. The Kier molecular flexibility index (Phi) is 3.14. The molecule has 0 bridgehead atoms. The highest BCUT2D eigenvalue weighted by molar-refractivity contribution is 9.09. The summed E-state index contributed by atoms with van der Waals surface area (Å²) in [5.74, 6) is 0.183. The van der Waals surface area contributed by atoms with Gasteiger partial charge in [0.15, 0.2) is 0 Å². The fraction of sp³-hybridized carbons (Fsp3) is 0.545. The summed E-state index contributed by atoms with van der Waals surface area (Å²) < 4.78 is 2.06. The van der Waals surface area contributed by atoms with Crippen molar-refractivity contribution in [2.75, 3.05) is 18.4 Å². The van der Waals surface area contributed by atoms with Crippen LogP contribution in [-0.2, 0) is 13.5 Å². The Hall–Kier alpha value is -0.770. The number of amides is 1. The molecule has 0 saturated heterocycles. The van der Waals surface area contributed by atoms with Gasteiger partial charge in [0, 0.05) is 37.4 Å². The third-order valence-corrected chi connectivity index (χ3v) is 3.27. The lowest BCUT2D eigenvalue weighted by atomic mass is 10.2. The number of hydrogen-bond donors (Lipinski definition) is 0. The molecule has 15 heavy (non-hydrogen) atoms. The lowest BCUT2D eigenvalue weighted by Crippen LogP contribution is -2.32. The van der Waals surface area contributed by atoms with E-state index in [0.29, 0.717) is 0 Å². The van der Waals surface area contributed by atoms with Crippen LogP contribution in [0.15, 0.2) is 12.3 Å². The third kappa shape index (κ3) is 1.95. The number of aromatic nitrogens is 1. The first-order valence-corrected chi connectivity index (χ1v) is 6.35. The monoisotopic (exact) mass is 270 g/mol. The molecule has 2 heterocycles. The summed E-state index contributed by atoms with van der Waals surface area (Å²) in [6.45, 7) is 1.67. The molecule has 0 fully saturated rings. The van der Waals surface area contributed by atoms with Crippen LogP contribution < -0.4 is 0 Å². The molecule has 0 aliphatic carbocycles. The zero-order chi connectivity index (χ0) is 10.8. The second kappa shape index (κ2) is 4.39. The number of carbonyl (C=O) groups is 1. The molecule has 0 N–H and O–H groups in total. The number of halogens is 1. The van der Waals surface area contributed by atoms with Gasteiger partial charge in [-0.15, -0.1) is 0 Å². The van der Waals surface area contributed by atoms with E-state index < -0.39 is 0 Å². The first kappa shape index (κ1) is 10.7. The standard InChI is InChI=1S/C11H15BrN2O/c1-13-7-4-9-10(13)3-2-6-14(8-5-12)11(9)15/h4,7H,2-3,5-6,8H2,1H3. The highest BCUT2D eigenvalue weighted by atomic mass is 79.9. The van der Waals surface area contributed by atoms with E-state index in [1.165, 1.54) is 5.69 Å². The fourth-order valence-electron chi connectivity index (χ4n) is 2.09. The minimum Gasteiger partial charge on any atom is -0.354 e. The Morgan fingerprint density at radius 2 is 2.33 bits per heavy atom. The van der Waals surface area contributed by atoms with Crippen molar-refractivity contribution >= 4 is 21.8 Å². The summed E-state index contributed by atoms with van der Waals surface area (Å²) in [7, 11) is 2.01. The molecule has 0 unspecified atom stereocenters. The third-order valence-electron chi connectivity index (χ3n) is 2.92. The van der Waals surface area contributed by atoms with E-state index in [1.807, 2.05) is 24.2 Å². The smallest absolute Gasteiger partial charge is 0.255 e. The highest BCUT2D eigenvalue weighted by Crippen LogP contribution is 2.19. The molecule has 1 aromatic rings. The molecule has 1 aromatic heterocycles. The van der Waals surface area contributed by atoms with E-state index in [4.69, 9.17) is 0 Å². The molecule has 82 valence electrons. The minimum atomic E-state index is 0.183. The van der Waals surface area contributed by atoms with Gasteiger partial charge in [-0.05, 0) is 18.9 Å². The number of carbonyl (C=O) groups excluding carboxylic acids is 1. The highest BCUT2D eigenvalue weighted by Gasteiger charge is 2.23. The van der Waals surface area contributed by atoms with Crippen LogP contribution in [0.4, 0.5) is 0 Å². The van der Waals surface area contributed by atoms with Gasteiger partial charge in [0.2, 0.25) is 0 Å². The predicted octanol–water partition coefficient (Wildman–Crippen LogP) is 1.81. The maximum atomic E-state index is 12.1. The van der Waals surface area contributed by atoms with Crippen LogP contribution in [0.25, 0.3) is 0 Å². The number of hydrogen-bond acceptors (Lipinski definition) is 1. The average Bonchev–Trinajstić information content (AvgIpc) is 2.50. The van der Waals surface area contributed by atoms with E-state index in [9.17, 15) is 4.79 Å². The molecule has 2 rings (SSSR count). The Labute approximate surface area is 98.2 Å². The molecule has 4 heteroatoms. The van der Waals surface area contributed by atoms with Crippen molar-refractivity contribution in [2.24, 2.45) is 7.05 Å². The maximum absolute atomic E-state index is 12.1.